The minimum absolute atomic E-state index is 0.480. The van der Waals surface area contributed by atoms with E-state index in [0.29, 0.717) is 19.8 Å². The van der Waals surface area contributed by atoms with Crippen molar-refractivity contribution in [1.82, 2.24) is 14.8 Å². The van der Waals surface area contributed by atoms with E-state index in [0.717, 1.165) is 5.82 Å². The maximum Gasteiger partial charge on any atom is 0.152 e. The van der Waals surface area contributed by atoms with E-state index < -0.39 is 0 Å². The first-order valence-electron chi connectivity index (χ1n) is 3.45. The Morgan fingerprint density at radius 2 is 2.55 bits per heavy atom. The second-order valence-electron chi connectivity index (χ2n) is 2.14. The van der Waals surface area contributed by atoms with Crippen molar-refractivity contribution in [3.8, 4) is 0 Å². The second kappa shape index (κ2) is 4.05. The van der Waals surface area contributed by atoms with Gasteiger partial charge < -0.3 is 10.5 Å². The predicted molar refractivity (Wildman–Crippen MR) is 39.7 cm³/mol. The number of aromatic nitrogens is 3. The molecule has 0 atom stereocenters. The molecule has 0 spiro atoms. The zero-order valence-corrected chi connectivity index (χ0v) is 6.53. The Morgan fingerprint density at radius 1 is 1.73 bits per heavy atom. The lowest BCUT2D eigenvalue weighted by atomic mass is 10.6. The smallest absolute Gasteiger partial charge is 0.152 e. The van der Waals surface area contributed by atoms with Crippen molar-refractivity contribution in [2.75, 3.05) is 13.2 Å². The third kappa shape index (κ3) is 2.28. The fourth-order valence-electron chi connectivity index (χ4n) is 0.698. The molecule has 11 heavy (non-hydrogen) atoms. The van der Waals surface area contributed by atoms with E-state index in [4.69, 9.17) is 10.5 Å². The molecule has 0 aliphatic heterocycles. The third-order valence-corrected chi connectivity index (χ3v) is 1.30. The van der Waals surface area contributed by atoms with Crippen molar-refractivity contribution < 1.29 is 4.74 Å². The first-order chi connectivity index (χ1) is 5.34. The molecule has 1 rings (SSSR count). The van der Waals surface area contributed by atoms with E-state index in [2.05, 4.69) is 10.1 Å². The van der Waals surface area contributed by atoms with Crippen LogP contribution in [0.15, 0.2) is 6.33 Å². The van der Waals surface area contributed by atoms with Gasteiger partial charge in [-0.15, -0.1) is 0 Å². The summed E-state index contributed by atoms with van der Waals surface area (Å²) in [6.07, 6.45) is 1.50. The molecule has 0 bridgehead atoms. The Morgan fingerprint density at radius 3 is 3.09 bits per heavy atom. The molecule has 1 aromatic rings. The first kappa shape index (κ1) is 8.16. The van der Waals surface area contributed by atoms with E-state index in [1.807, 2.05) is 7.05 Å². The van der Waals surface area contributed by atoms with Crippen molar-refractivity contribution >= 4 is 0 Å². The monoisotopic (exact) mass is 156 g/mol. The minimum atomic E-state index is 0.480. The standard InChI is InChI=1S/C6H12N4O/c1-10-6(8-5-9-10)4-11-3-2-7/h5H,2-4,7H2,1H3. The molecule has 0 radical (unpaired) electrons. The molecule has 1 aromatic heterocycles. The molecule has 2 N–H and O–H groups in total. The van der Waals surface area contributed by atoms with Crippen molar-refractivity contribution in [2.45, 2.75) is 6.61 Å². The number of hydrogen-bond donors (Lipinski definition) is 1. The molecule has 5 heteroatoms. The summed E-state index contributed by atoms with van der Waals surface area (Å²) < 4.78 is 6.84. The summed E-state index contributed by atoms with van der Waals surface area (Å²) in [5.74, 6) is 0.818. The van der Waals surface area contributed by atoms with Gasteiger partial charge in [-0.2, -0.15) is 5.10 Å². The fraction of sp³-hybridized carbons (Fsp3) is 0.667. The fourth-order valence-corrected chi connectivity index (χ4v) is 0.698. The molecule has 0 amide bonds. The molecular formula is C6H12N4O. The van der Waals surface area contributed by atoms with Gasteiger partial charge in [0.1, 0.15) is 12.9 Å². The topological polar surface area (TPSA) is 66.0 Å². The van der Waals surface area contributed by atoms with Crippen molar-refractivity contribution in [3.63, 3.8) is 0 Å². The lowest BCUT2D eigenvalue weighted by molar-refractivity contribution is 0.120. The molecule has 62 valence electrons. The molecule has 0 unspecified atom stereocenters. The summed E-state index contributed by atoms with van der Waals surface area (Å²) in [6, 6.07) is 0. The summed E-state index contributed by atoms with van der Waals surface area (Å²) in [4.78, 5) is 3.97. The Labute approximate surface area is 65.2 Å². The molecule has 0 aromatic carbocycles. The molecule has 0 fully saturated rings. The Bertz CT molecular complexity index is 210. The van der Waals surface area contributed by atoms with Crippen LogP contribution in [-0.2, 0) is 18.4 Å². The highest BCUT2D eigenvalue weighted by Gasteiger charge is 1.97. The van der Waals surface area contributed by atoms with Crippen LogP contribution in [0.1, 0.15) is 5.82 Å². The predicted octanol–water partition coefficient (Wildman–Crippen LogP) is -0.710. The highest BCUT2D eigenvalue weighted by atomic mass is 16.5. The van der Waals surface area contributed by atoms with E-state index in [1.165, 1.54) is 6.33 Å². The van der Waals surface area contributed by atoms with E-state index >= 15 is 0 Å². The van der Waals surface area contributed by atoms with Gasteiger partial charge in [-0.3, -0.25) is 4.68 Å². The summed E-state index contributed by atoms with van der Waals surface area (Å²) >= 11 is 0. The number of nitrogens with zero attached hydrogens (tertiary/aromatic N) is 3. The largest absolute Gasteiger partial charge is 0.372 e. The van der Waals surface area contributed by atoms with Crippen LogP contribution in [0.25, 0.3) is 0 Å². The highest BCUT2D eigenvalue weighted by Crippen LogP contribution is 1.92. The zero-order chi connectivity index (χ0) is 8.10. The maximum absolute atomic E-state index is 5.24. The second-order valence-corrected chi connectivity index (χ2v) is 2.14. The number of aryl methyl sites for hydroxylation is 1. The van der Waals surface area contributed by atoms with Gasteiger partial charge in [-0.25, -0.2) is 4.98 Å². The Hall–Kier alpha value is -0.940. The van der Waals surface area contributed by atoms with Crippen LogP contribution in [0.5, 0.6) is 0 Å². The van der Waals surface area contributed by atoms with Crippen LogP contribution in [0, 0.1) is 0 Å². The summed E-state index contributed by atoms with van der Waals surface area (Å²) in [5.41, 5.74) is 5.24. The quantitative estimate of drug-likeness (QED) is 0.585. The molecule has 0 aliphatic carbocycles. The summed E-state index contributed by atoms with van der Waals surface area (Å²) in [6.45, 7) is 1.58. The van der Waals surface area contributed by atoms with Crippen LogP contribution in [-0.4, -0.2) is 27.9 Å². The molecule has 0 saturated heterocycles. The number of nitrogens with two attached hydrogens (primary N) is 1. The average molecular weight is 156 g/mol. The lowest BCUT2D eigenvalue weighted by Crippen LogP contribution is -2.10. The van der Waals surface area contributed by atoms with Gasteiger partial charge in [-0.05, 0) is 0 Å². The molecule has 0 saturated carbocycles. The van der Waals surface area contributed by atoms with Crippen LogP contribution in [0.4, 0.5) is 0 Å². The van der Waals surface area contributed by atoms with Gasteiger partial charge in [0.05, 0.1) is 6.61 Å². The van der Waals surface area contributed by atoms with Gasteiger partial charge in [0.25, 0.3) is 0 Å². The first-order valence-corrected chi connectivity index (χ1v) is 3.45. The van der Waals surface area contributed by atoms with Gasteiger partial charge in [0, 0.05) is 13.6 Å². The maximum atomic E-state index is 5.24. The van der Waals surface area contributed by atoms with Gasteiger partial charge in [-0.1, -0.05) is 0 Å². The van der Waals surface area contributed by atoms with Crippen LogP contribution in [0.2, 0.25) is 0 Å². The van der Waals surface area contributed by atoms with Gasteiger partial charge in [0.2, 0.25) is 0 Å². The average Bonchev–Trinajstić information content (AvgIpc) is 2.37. The number of rotatable bonds is 4. The SMILES string of the molecule is Cn1ncnc1COCCN. The van der Waals surface area contributed by atoms with E-state index in [-0.39, 0.29) is 0 Å². The summed E-state index contributed by atoms with van der Waals surface area (Å²) in [5, 5.41) is 3.89. The molecular weight excluding hydrogens is 144 g/mol. The van der Waals surface area contributed by atoms with Crippen LogP contribution in [0.3, 0.4) is 0 Å². The van der Waals surface area contributed by atoms with Crippen molar-refractivity contribution in [1.29, 1.82) is 0 Å². The number of ether oxygens (including phenoxy) is 1. The Balaban J connectivity index is 2.32. The lowest BCUT2D eigenvalue weighted by Gasteiger charge is -2.00. The minimum Gasteiger partial charge on any atom is -0.372 e. The van der Waals surface area contributed by atoms with Crippen LogP contribution >= 0.6 is 0 Å². The molecule has 5 nitrogen and oxygen atoms in total. The van der Waals surface area contributed by atoms with E-state index in [1.54, 1.807) is 4.68 Å². The molecule has 0 aliphatic rings. The number of hydrogen-bond acceptors (Lipinski definition) is 4. The normalized spacial score (nSPS) is 10.4. The highest BCUT2D eigenvalue weighted by molar-refractivity contribution is 4.79. The van der Waals surface area contributed by atoms with Gasteiger partial charge >= 0.3 is 0 Å². The van der Waals surface area contributed by atoms with Crippen molar-refractivity contribution in [2.24, 2.45) is 12.8 Å². The zero-order valence-electron chi connectivity index (χ0n) is 6.53. The molecule has 1 heterocycles. The van der Waals surface area contributed by atoms with Gasteiger partial charge in [0.15, 0.2) is 5.82 Å². The summed E-state index contributed by atoms with van der Waals surface area (Å²) in [7, 11) is 1.83. The third-order valence-electron chi connectivity index (χ3n) is 1.30. The van der Waals surface area contributed by atoms with E-state index in [9.17, 15) is 0 Å². The van der Waals surface area contributed by atoms with Crippen molar-refractivity contribution in [3.05, 3.63) is 12.2 Å². The van der Waals surface area contributed by atoms with Crippen LogP contribution < -0.4 is 5.73 Å². The Kier molecular flexibility index (Phi) is 3.00.